The van der Waals surface area contributed by atoms with Crippen LogP contribution in [0.2, 0.25) is 10.0 Å². The van der Waals surface area contributed by atoms with Crippen molar-refractivity contribution in [3.05, 3.63) is 63.6 Å². The second-order valence-corrected chi connectivity index (χ2v) is 7.69. The molecule has 1 unspecified atom stereocenters. The number of nitrogens with two attached hydrogens (primary N) is 1. The normalized spacial score (nSPS) is 11.3. The van der Waals surface area contributed by atoms with Crippen molar-refractivity contribution in [2.75, 3.05) is 11.9 Å². The minimum absolute atomic E-state index is 0.205. The fourth-order valence-electron chi connectivity index (χ4n) is 2.60. The van der Waals surface area contributed by atoms with Crippen LogP contribution < -0.4 is 21.1 Å². The van der Waals surface area contributed by atoms with Gasteiger partial charge in [-0.15, -0.1) is 0 Å². The highest BCUT2D eigenvalue weighted by Crippen LogP contribution is 2.25. The van der Waals surface area contributed by atoms with Crippen molar-refractivity contribution in [1.82, 2.24) is 10.6 Å². The molecule has 3 amide bonds. The number of anilines is 1. The molecule has 2 aromatic carbocycles. The topological polar surface area (TPSA) is 151 Å². The Kier molecular flexibility index (Phi) is 9.13. The highest BCUT2D eigenvalue weighted by molar-refractivity contribution is 8.11. The minimum Gasteiger partial charge on any atom is -0.481 e. The molecule has 12 heteroatoms. The molecule has 6 N–H and O–H groups in total. The molecule has 0 aliphatic carbocycles. The number of carbonyl (C=O) groups excluding carboxylic acids is 3. The monoisotopic (exact) mass is 484 g/mol. The molecule has 2 rings (SSSR count). The van der Waals surface area contributed by atoms with Crippen LogP contribution in [-0.2, 0) is 9.59 Å². The predicted molar refractivity (Wildman–Crippen MR) is 119 cm³/mol. The van der Waals surface area contributed by atoms with Gasteiger partial charge in [0.1, 0.15) is 0 Å². The second kappa shape index (κ2) is 11.6. The highest BCUT2D eigenvalue weighted by Gasteiger charge is 2.20. The van der Waals surface area contributed by atoms with Gasteiger partial charge in [0, 0.05) is 33.2 Å². The van der Waals surface area contributed by atoms with Gasteiger partial charge >= 0.3 is 5.97 Å². The van der Waals surface area contributed by atoms with Gasteiger partial charge in [0.05, 0.1) is 19.0 Å². The molecule has 0 aliphatic heterocycles. The zero-order valence-electron chi connectivity index (χ0n) is 15.9. The Bertz CT molecular complexity index is 985. The van der Waals surface area contributed by atoms with Crippen LogP contribution >= 0.6 is 35.1 Å². The zero-order valence-corrected chi connectivity index (χ0v) is 18.2. The lowest BCUT2D eigenvalue weighted by molar-refractivity contribution is -0.137. The molecular formula is C19H18Cl2N4O5S. The molecule has 164 valence electrons. The van der Waals surface area contributed by atoms with E-state index in [1.165, 1.54) is 30.3 Å². The van der Waals surface area contributed by atoms with E-state index >= 15 is 0 Å². The van der Waals surface area contributed by atoms with Crippen LogP contribution in [0, 0.1) is 0 Å². The van der Waals surface area contributed by atoms with Crippen molar-refractivity contribution in [3.63, 3.8) is 0 Å². The quantitative estimate of drug-likeness (QED) is 0.360. The van der Waals surface area contributed by atoms with Crippen LogP contribution in [-0.4, -0.2) is 34.7 Å². The lowest BCUT2D eigenvalue weighted by Crippen LogP contribution is -2.39. The van der Waals surface area contributed by atoms with Gasteiger partial charge in [-0.2, -0.15) is 0 Å². The summed E-state index contributed by atoms with van der Waals surface area (Å²) in [6.07, 6.45) is -0.406. The molecule has 9 nitrogen and oxygen atoms in total. The average molecular weight is 485 g/mol. The van der Waals surface area contributed by atoms with Gasteiger partial charge in [0.25, 0.3) is 11.1 Å². The summed E-state index contributed by atoms with van der Waals surface area (Å²) in [5, 5.41) is 21.9. The van der Waals surface area contributed by atoms with E-state index in [0.29, 0.717) is 33.2 Å². The number of carboxylic acids is 1. The Labute approximate surface area is 191 Å². The van der Waals surface area contributed by atoms with Crippen molar-refractivity contribution < 1.29 is 24.3 Å². The van der Waals surface area contributed by atoms with Gasteiger partial charge in [0.15, 0.2) is 0 Å². The van der Waals surface area contributed by atoms with Crippen LogP contribution in [0.1, 0.15) is 28.4 Å². The standard InChI is InChI=1S/C19H18Cl2N4O5S/c20-12-4-11(5-13(21)7-12)15(8-17(27)28)25-16(26)9-23-18(29)10-2-1-3-14(6-10)24-19(30)31-22/h1-7,15H,8-9,22H2,(H,23,29)(H,24,30)(H,25,26)(H,27,28). The Morgan fingerprint density at radius 3 is 2.35 bits per heavy atom. The van der Waals surface area contributed by atoms with E-state index in [4.69, 9.17) is 33.4 Å². The van der Waals surface area contributed by atoms with E-state index in [1.807, 2.05) is 0 Å². The average Bonchev–Trinajstić information content (AvgIpc) is 2.70. The number of halogens is 2. The van der Waals surface area contributed by atoms with Crippen molar-refractivity contribution in [2.24, 2.45) is 5.14 Å². The third-order valence-corrected chi connectivity index (χ3v) is 4.64. The van der Waals surface area contributed by atoms with Crippen molar-refractivity contribution >= 4 is 63.9 Å². The zero-order chi connectivity index (χ0) is 23.0. The molecule has 0 saturated heterocycles. The number of hydrogen-bond acceptors (Lipinski definition) is 6. The summed E-state index contributed by atoms with van der Waals surface area (Å²) in [5.41, 5.74) is 0.983. The molecule has 2 aromatic rings. The summed E-state index contributed by atoms with van der Waals surface area (Å²) in [4.78, 5) is 47.1. The second-order valence-electron chi connectivity index (χ2n) is 6.21. The molecule has 0 radical (unpaired) electrons. The number of carbonyl (C=O) groups is 4. The fraction of sp³-hybridized carbons (Fsp3) is 0.158. The lowest BCUT2D eigenvalue weighted by atomic mass is 10.0. The molecule has 0 aliphatic rings. The van der Waals surface area contributed by atoms with Crippen LogP contribution in [0.3, 0.4) is 0 Å². The first-order valence-corrected chi connectivity index (χ1v) is 10.3. The number of rotatable bonds is 8. The molecule has 0 saturated carbocycles. The minimum atomic E-state index is -1.14. The van der Waals surface area contributed by atoms with Crippen molar-refractivity contribution in [2.45, 2.75) is 12.5 Å². The molecule has 0 spiro atoms. The lowest BCUT2D eigenvalue weighted by Gasteiger charge is -2.18. The van der Waals surface area contributed by atoms with Gasteiger partial charge in [-0.1, -0.05) is 29.3 Å². The smallest absolute Gasteiger partial charge is 0.305 e. The van der Waals surface area contributed by atoms with E-state index in [-0.39, 0.29) is 5.56 Å². The number of aliphatic carboxylic acids is 1. The van der Waals surface area contributed by atoms with Gasteiger partial charge in [0.2, 0.25) is 5.91 Å². The first-order valence-electron chi connectivity index (χ1n) is 8.71. The SMILES string of the molecule is NSC(=O)Nc1cccc(C(=O)NCC(=O)NC(CC(=O)O)c2cc(Cl)cc(Cl)c2)c1. The van der Waals surface area contributed by atoms with E-state index in [2.05, 4.69) is 16.0 Å². The molecule has 0 bridgehead atoms. The van der Waals surface area contributed by atoms with Crippen LogP contribution in [0.4, 0.5) is 10.5 Å². The maximum absolute atomic E-state index is 12.3. The fourth-order valence-corrected chi connectivity index (χ4v) is 3.32. The van der Waals surface area contributed by atoms with E-state index in [1.54, 1.807) is 12.1 Å². The van der Waals surface area contributed by atoms with Gasteiger partial charge in [-0.25, -0.2) is 0 Å². The summed E-state index contributed by atoms with van der Waals surface area (Å²) in [5.74, 6) is -2.31. The van der Waals surface area contributed by atoms with E-state index < -0.39 is 42.0 Å². The largest absolute Gasteiger partial charge is 0.481 e. The van der Waals surface area contributed by atoms with Gasteiger partial charge in [-0.3, -0.25) is 24.3 Å². The summed E-state index contributed by atoms with van der Waals surface area (Å²) in [6, 6.07) is 9.63. The van der Waals surface area contributed by atoms with Crippen molar-refractivity contribution in [3.8, 4) is 0 Å². The number of hydrogen-bond donors (Lipinski definition) is 5. The molecule has 0 fully saturated rings. The summed E-state index contributed by atoms with van der Waals surface area (Å²) in [7, 11) is 0. The van der Waals surface area contributed by atoms with Crippen LogP contribution in [0.15, 0.2) is 42.5 Å². The maximum Gasteiger partial charge on any atom is 0.305 e. The van der Waals surface area contributed by atoms with Crippen LogP contribution in [0.25, 0.3) is 0 Å². The highest BCUT2D eigenvalue weighted by atomic mass is 35.5. The van der Waals surface area contributed by atoms with Gasteiger partial charge in [-0.05, 0) is 42.0 Å². The molecule has 31 heavy (non-hydrogen) atoms. The molecule has 0 heterocycles. The molecular weight excluding hydrogens is 467 g/mol. The molecule has 1 atom stereocenters. The Balaban J connectivity index is 2.01. The Morgan fingerprint density at radius 1 is 1.06 bits per heavy atom. The summed E-state index contributed by atoms with van der Waals surface area (Å²) in [6.45, 7) is -0.404. The molecule has 0 aromatic heterocycles. The van der Waals surface area contributed by atoms with E-state index in [9.17, 15) is 19.2 Å². The maximum atomic E-state index is 12.3. The van der Waals surface area contributed by atoms with Crippen molar-refractivity contribution in [1.29, 1.82) is 0 Å². The Hall–Kier alpha value is -2.79. The van der Waals surface area contributed by atoms with Gasteiger partial charge < -0.3 is 21.1 Å². The summed E-state index contributed by atoms with van der Waals surface area (Å²) >= 11 is 12.4. The Morgan fingerprint density at radius 2 is 1.74 bits per heavy atom. The van der Waals surface area contributed by atoms with E-state index in [0.717, 1.165) is 0 Å². The first-order chi connectivity index (χ1) is 14.7. The summed E-state index contributed by atoms with van der Waals surface area (Å²) < 4.78 is 0. The first kappa shape index (κ1) is 24.5. The number of benzene rings is 2. The number of carboxylic acid groups (broad SMARTS) is 1. The predicted octanol–water partition coefficient (Wildman–Crippen LogP) is 3.19. The van der Waals surface area contributed by atoms with Crippen LogP contribution in [0.5, 0.6) is 0 Å². The number of amides is 3. The third-order valence-electron chi connectivity index (χ3n) is 3.89. The third kappa shape index (κ3) is 8.10. The number of nitrogens with one attached hydrogen (secondary N) is 3.